The van der Waals surface area contributed by atoms with Crippen molar-refractivity contribution in [2.75, 3.05) is 18.4 Å². The van der Waals surface area contributed by atoms with Crippen molar-refractivity contribution in [1.29, 1.82) is 0 Å². The zero-order valence-electron chi connectivity index (χ0n) is 7.99. The lowest BCUT2D eigenvalue weighted by molar-refractivity contribution is 0.616. The second-order valence-corrected chi connectivity index (χ2v) is 3.21. The molecule has 2 aromatic rings. The van der Waals surface area contributed by atoms with E-state index in [1.807, 2.05) is 24.3 Å². The largest absolute Gasteiger partial charge is 0.462 e. The molecule has 0 spiro atoms. The van der Waals surface area contributed by atoms with Crippen LogP contribution >= 0.6 is 0 Å². The van der Waals surface area contributed by atoms with Crippen LogP contribution in [0.15, 0.2) is 34.9 Å². The first-order chi connectivity index (χ1) is 6.92. The number of hydrogen-bond acceptors (Lipinski definition) is 3. The molecule has 2 rings (SSSR count). The number of rotatable bonds is 4. The van der Waals surface area contributed by atoms with Gasteiger partial charge in [-0.3, -0.25) is 0 Å². The number of hydrogen-bond donors (Lipinski definition) is 2. The smallest absolute Gasteiger partial charge is 0.136 e. The molecule has 0 unspecified atom stereocenters. The van der Waals surface area contributed by atoms with Gasteiger partial charge in [0, 0.05) is 11.9 Å². The summed E-state index contributed by atoms with van der Waals surface area (Å²) in [5.74, 6) is 0. The monoisotopic (exact) mass is 190 g/mol. The summed E-state index contributed by atoms with van der Waals surface area (Å²) in [6.07, 6.45) is 2.72. The van der Waals surface area contributed by atoms with Gasteiger partial charge < -0.3 is 15.5 Å². The molecule has 0 aliphatic rings. The van der Waals surface area contributed by atoms with Crippen LogP contribution in [0.3, 0.4) is 0 Å². The summed E-state index contributed by atoms with van der Waals surface area (Å²) in [5, 5.41) is 4.42. The molecule has 0 saturated carbocycles. The standard InChI is InChI=1S/C11H14N2O/c12-6-3-7-13-10-8-14-11-5-2-1-4-9(10)11/h1-2,4-5,8,13H,3,6-7,12H2. The summed E-state index contributed by atoms with van der Waals surface area (Å²) in [4.78, 5) is 0. The van der Waals surface area contributed by atoms with Crippen LogP contribution in [0.1, 0.15) is 6.42 Å². The maximum Gasteiger partial charge on any atom is 0.136 e. The van der Waals surface area contributed by atoms with Crippen LogP contribution in [0.25, 0.3) is 11.0 Å². The molecule has 3 heteroatoms. The highest BCUT2D eigenvalue weighted by molar-refractivity contribution is 5.90. The Hall–Kier alpha value is -1.48. The minimum Gasteiger partial charge on any atom is -0.462 e. The Labute approximate surface area is 82.9 Å². The van der Waals surface area contributed by atoms with Gasteiger partial charge in [-0.15, -0.1) is 0 Å². The summed E-state index contributed by atoms with van der Waals surface area (Å²) in [7, 11) is 0. The van der Waals surface area contributed by atoms with E-state index in [-0.39, 0.29) is 0 Å². The van der Waals surface area contributed by atoms with Gasteiger partial charge in [0.2, 0.25) is 0 Å². The van der Waals surface area contributed by atoms with Crippen LogP contribution in [0.5, 0.6) is 0 Å². The predicted molar refractivity (Wildman–Crippen MR) is 58.4 cm³/mol. The van der Waals surface area contributed by atoms with Crippen molar-refractivity contribution in [1.82, 2.24) is 0 Å². The SMILES string of the molecule is NCCCNc1coc2ccccc12. The molecule has 1 aromatic heterocycles. The molecule has 0 bridgehead atoms. The van der Waals surface area contributed by atoms with Gasteiger partial charge in [-0.05, 0) is 25.1 Å². The lowest BCUT2D eigenvalue weighted by atomic mass is 10.2. The molecule has 0 amide bonds. The van der Waals surface area contributed by atoms with Gasteiger partial charge in [0.15, 0.2) is 0 Å². The number of furan rings is 1. The maximum absolute atomic E-state index is 5.42. The van der Waals surface area contributed by atoms with Crippen LogP contribution in [0.2, 0.25) is 0 Å². The zero-order chi connectivity index (χ0) is 9.80. The number of fused-ring (bicyclic) bond motifs is 1. The molecule has 1 heterocycles. The average molecular weight is 190 g/mol. The van der Waals surface area contributed by atoms with Gasteiger partial charge in [-0.25, -0.2) is 0 Å². The highest BCUT2D eigenvalue weighted by atomic mass is 16.3. The fourth-order valence-corrected chi connectivity index (χ4v) is 1.44. The van der Waals surface area contributed by atoms with E-state index in [4.69, 9.17) is 10.2 Å². The van der Waals surface area contributed by atoms with E-state index >= 15 is 0 Å². The minimum absolute atomic E-state index is 0.711. The second kappa shape index (κ2) is 4.15. The molecule has 0 aliphatic carbocycles. The fraction of sp³-hybridized carbons (Fsp3) is 0.273. The van der Waals surface area contributed by atoms with Crippen molar-refractivity contribution in [3.8, 4) is 0 Å². The quantitative estimate of drug-likeness (QED) is 0.726. The molecule has 3 N–H and O–H groups in total. The number of para-hydroxylation sites is 1. The lowest BCUT2D eigenvalue weighted by Gasteiger charge is -2.01. The van der Waals surface area contributed by atoms with Crippen LogP contribution < -0.4 is 11.1 Å². The molecule has 0 saturated heterocycles. The van der Waals surface area contributed by atoms with E-state index in [0.29, 0.717) is 6.54 Å². The minimum atomic E-state index is 0.711. The van der Waals surface area contributed by atoms with Crippen molar-refractivity contribution in [3.63, 3.8) is 0 Å². The molecule has 0 fully saturated rings. The van der Waals surface area contributed by atoms with Crippen LogP contribution in [0.4, 0.5) is 5.69 Å². The Bertz CT molecular complexity index is 408. The zero-order valence-corrected chi connectivity index (χ0v) is 7.99. The summed E-state index contributed by atoms with van der Waals surface area (Å²) in [5.41, 5.74) is 7.39. The van der Waals surface area contributed by atoms with Crippen LogP contribution in [-0.2, 0) is 0 Å². The Morgan fingerprint density at radius 2 is 2.14 bits per heavy atom. The van der Waals surface area contributed by atoms with Crippen molar-refractivity contribution in [3.05, 3.63) is 30.5 Å². The molecular weight excluding hydrogens is 176 g/mol. The van der Waals surface area contributed by atoms with Gasteiger partial charge in [-0.2, -0.15) is 0 Å². The molecule has 0 radical (unpaired) electrons. The third-order valence-corrected chi connectivity index (χ3v) is 2.18. The number of nitrogens with two attached hydrogens (primary N) is 1. The van der Waals surface area contributed by atoms with Crippen molar-refractivity contribution < 1.29 is 4.42 Å². The summed E-state index contributed by atoms with van der Waals surface area (Å²) >= 11 is 0. The molecular formula is C11H14N2O. The fourth-order valence-electron chi connectivity index (χ4n) is 1.44. The summed E-state index contributed by atoms with van der Waals surface area (Å²) < 4.78 is 5.39. The first kappa shape index (κ1) is 9.09. The average Bonchev–Trinajstić information content (AvgIpc) is 2.63. The van der Waals surface area contributed by atoms with E-state index in [1.165, 1.54) is 0 Å². The number of nitrogens with one attached hydrogen (secondary N) is 1. The van der Waals surface area contributed by atoms with Gasteiger partial charge >= 0.3 is 0 Å². The summed E-state index contributed by atoms with van der Waals surface area (Å²) in [6, 6.07) is 7.98. The molecule has 14 heavy (non-hydrogen) atoms. The second-order valence-electron chi connectivity index (χ2n) is 3.21. The highest BCUT2D eigenvalue weighted by Crippen LogP contribution is 2.24. The van der Waals surface area contributed by atoms with Crippen molar-refractivity contribution in [2.45, 2.75) is 6.42 Å². The molecule has 74 valence electrons. The number of anilines is 1. The van der Waals surface area contributed by atoms with Gasteiger partial charge in [0.1, 0.15) is 11.8 Å². The predicted octanol–water partition coefficient (Wildman–Crippen LogP) is 2.19. The van der Waals surface area contributed by atoms with E-state index in [9.17, 15) is 0 Å². The van der Waals surface area contributed by atoms with Crippen molar-refractivity contribution >= 4 is 16.7 Å². The van der Waals surface area contributed by atoms with Crippen LogP contribution in [-0.4, -0.2) is 13.1 Å². The molecule has 0 aliphatic heterocycles. The first-order valence-electron chi connectivity index (χ1n) is 4.82. The highest BCUT2D eigenvalue weighted by Gasteiger charge is 2.02. The number of benzene rings is 1. The van der Waals surface area contributed by atoms with Gasteiger partial charge in [-0.1, -0.05) is 12.1 Å². The Balaban J connectivity index is 2.17. The Morgan fingerprint density at radius 3 is 3.00 bits per heavy atom. The van der Waals surface area contributed by atoms with Gasteiger partial charge in [0.25, 0.3) is 0 Å². The maximum atomic E-state index is 5.42. The van der Waals surface area contributed by atoms with Crippen molar-refractivity contribution in [2.24, 2.45) is 5.73 Å². The van der Waals surface area contributed by atoms with E-state index in [2.05, 4.69) is 5.32 Å². The lowest BCUT2D eigenvalue weighted by Crippen LogP contribution is -2.07. The summed E-state index contributed by atoms with van der Waals surface area (Å²) in [6.45, 7) is 1.60. The molecule has 3 nitrogen and oxygen atoms in total. The third kappa shape index (κ3) is 1.72. The van der Waals surface area contributed by atoms with E-state index < -0.39 is 0 Å². The van der Waals surface area contributed by atoms with Crippen LogP contribution in [0, 0.1) is 0 Å². The topological polar surface area (TPSA) is 51.2 Å². The molecule has 1 aromatic carbocycles. The Kier molecular flexibility index (Phi) is 2.70. The van der Waals surface area contributed by atoms with E-state index in [1.54, 1.807) is 6.26 Å². The Morgan fingerprint density at radius 1 is 1.29 bits per heavy atom. The first-order valence-corrected chi connectivity index (χ1v) is 4.82. The molecule has 0 atom stereocenters. The van der Waals surface area contributed by atoms with Gasteiger partial charge in [0.05, 0.1) is 5.69 Å². The normalized spacial score (nSPS) is 10.6. The third-order valence-electron chi connectivity index (χ3n) is 2.18. The van der Waals surface area contributed by atoms with E-state index in [0.717, 1.165) is 29.6 Å².